The van der Waals surface area contributed by atoms with Crippen LogP contribution in [0.5, 0.6) is 11.5 Å². The molecule has 0 unspecified atom stereocenters. The summed E-state index contributed by atoms with van der Waals surface area (Å²) in [5.41, 5.74) is 8.04. The quantitative estimate of drug-likeness (QED) is 0.943. The van der Waals surface area contributed by atoms with Gasteiger partial charge < -0.3 is 19.7 Å². The lowest BCUT2D eigenvalue weighted by molar-refractivity contribution is 0.353. The Morgan fingerprint density at radius 2 is 2.00 bits per heavy atom. The minimum atomic E-state index is 0.273. The predicted octanol–water partition coefficient (Wildman–Crippen LogP) is 3.01. The van der Waals surface area contributed by atoms with E-state index in [2.05, 4.69) is 21.1 Å². The van der Waals surface area contributed by atoms with Crippen LogP contribution in [0.4, 0.5) is 5.88 Å². The van der Waals surface area contributed by atoms with Crippen LogP contribution in [0.25, 0.3) is 11.3 Å². The summed E-state index contributed by atoms with van der Waals surface area (Å²) in [5.74, 6) is 1.54. The van der Waals surface area contributed by atoms with Crippen molar-refractivity contribution in [3.8, 4) is 22.8 Å². The number of nitrogen functional groups attached to an aromatic ring is 1. The van der Waals surface area contributed by atoms with Gasteiger partial charge in [-0.3, -0.25) is 0 Å². The number of nitrogens with two attached hydrogens (primary N) is 1. The number of methoxy groups -OCH3 is 2. The minimum absolute atomic E-state index is 0.273. The van der Waals surface area contributed by atoms with Crippen LogP contribution in [-0.2, 0) is 0 Å². The first kappa shape index (κ1) is 12.8. The highest BCUT2D eigenvalue weighted by Crippen LogP contribution is 2.42. The van der Waals surface area contributed by atoms with Gasteiger partial charge in [0.25, 0.3) is 0 Å². The number of aromatic nitrogens is 1. The molecule has 0 spiro atoms. The molecule has 18 heavy (non-hydrogen) atoms. The molecule has 1 aromatic heterocycles. The van der Waals surface area contributed by atoms with E-state index >= 15 is 0 Å². The molecule has 0 aliphatic rings. The van der Waals surface area contributed by atoms with Gasteiger partial charge in [-0.25, -0.2) is 0 Å². The zero-order valence-electron chi connectivity index (χ0n) is 10.3. The van der Waals surface area contributed by atoms with Crippen molar-refractivity contribution in [2.75, 3.05) is 20.0 Å². The topological polar surface area (TPSA) is 70.5 Å². The Labute approximate surface area is 113 Å². The first-order valence-electron chi connectivity index (χ1n) is 5.22. The third-order valence-electron chi connectivity index (χ3n) is 2.66. The molecule has 0 fully saturated rings. The molecule has 1 heterocycles. The molecule has 2 rings (SSSR count). The number of anilines is 1. The van der Waals surface area contributed by atoms with Crippen molar-refractivity contribution >= 4 is 21.8 Å². The number of ether oxygens (including phenoxy) is 2. The summed E-state index contributed by atoms with van der Waals surface area (Å²) in [5, 5.41) is 3.90. The Morgan fingerprint density at radius 3 is 2.50 bits per heavy atom. The molecule has 2 aromatic rings. The van der Waals surface area contributed by atoms with E-state index in [-0.39, 0.29) is 5.88 Å². The molecule has 0 bridgehead atoms. The SMILES string of the molecule is COc1cc(-c2cc(N)on2)c(C)c(Br)c1OC. The molecule has 1 aromatic carbocycles. The Bertz CT molecular complexity index is 581. The fourth-order valence-corrected chi connectivity index (χ4v) is 2.30. The molecular weight excluding hydrogens is 300 g/mol. The number of hydrogen-bond acceptors (Lipinski definition) is 5. The molecule has 0 aliphatic heterocycles. The maximum absolute atomic E-state index is 5.53. The zero-order valence-corrected chi connectivity index (χ0v) is 11.9. The molecular formula is C12H13BrN2O3. The van der Waals surface area contributed by atoms with Crippen LogP contribution in [0.1, 0.15) is 5.56 Å². The summed E-state index contributed by atoms with van der Waals surface area (Å²) in [7, 11) is 3.18. The molecule has 2 N–H and O–H groups in total. The summed E-state index contributed by atoms with van der Waals surface area (Å²) in [4.78, 5) is 0. The Balaban J connectivity index is 2.65. The van der Waals surface area contributed by atoms with E-state index in [1.54, 1.807) is 20.3 Å². The summed E-state index contributed by atoms with van der Waals surface area (Å²) in [6.07, 6.45) is 0. The van der Waals surface area contributed by atoms with Crippen molar-refractivity contribution in [3.63, 3.8) is 0 Å². The van der Waals surface area contributed by atoms with E-state index in [0.717, 1.165) is 15.6 Å². The standard InChI is InChI=1S/C12H13BrN2O3/c1-6-7(8-5-10(14)18-15-8)4-9(16-2)12(17-3)11(6)13/h4-5H,14H2,1-3H3. The maximum Gasteiger partial charge on any atom is 0.222 e. The Hall–Kier alpha value is -1.69. The first-order valence-corrected chi connectivity index (χ1v) is 6.01. The molecule has 5 nitrogen and oxygen atoms in total. The Kier molecular flexibility index (Phi) is 3.47. The van der Waals surface area contributed by atoms with Crippen molar-refractivity contribution in [1.82, 2.24) is 5.16 Å². The van der Waals surface area contributed by atoms with Gasteiger partial charge in [0.1, 0.15) is 5.69 Å². The van der Waals surface area contributed by atoms with E-state index in [0.29, 0.717) is 17.2 Å². The number of hydrogen-bond donors (Lipinski definition) is 1. The van der Waals surface area contributed by atoms with Crippen LogP contribution in [0.3, 0.4) is 0 Å². The Morgan fingerprint density at radius 1 is 1.28 bits per heavy atom. The molecule has 0 saturated heterocycles. The summed E-state index contributed by atoms with van der Waals surface area (Å²) < 4.78 is 16.3. The van der Waals surface area contributed by atoms with E-state index < -0.39 is 0 Å². The average molecular weight is 313 g/mol. The molecule has 0 radical (unpaired) electrons. The largest absolute Gasteiger partial charge is 0.493 e. The van der Waals surface area contributed by atoms with Crippen LogP contribution in [0.2, 0.25) is 0 Å². The van der Waals surface area contributed by atoms with Gasteiger partial charge >= 0.3 is 0 Å². The van der Waals surface area contributed by atoms with E-state index in [1.807, 2.05) is 13.0 Å². The monoisotopic (exact) mass is 312 g/mol. The lowest BCUT2D eigenvalue weighted by Gasteiger charge is -2.14. The second-order valence-corrected chi connectivity index (χ2v) is 4.51. The number of rotatable bonds is 3. The van der Waals surface area contributed by atoms with Crippen LogP contribution in [0, 0.1) is 6.92 Å². The highest BCUT2D eigenvalue weighted by atomic mass is 79.9. The predicted molar refractivity (Wildman–Crippen MR) is 71.9 cm³/mol. The zero-order chi connectivity index (χ0) is 13.3. The minimum Gasteiger partial charge on any atom is -0.493 e. The van der Waals surface area contributed by atoms with Crippen LogP contribution < -0.4 is 15.2 Å². The van der Waals surface area contributed by atoms with Gasteiger partial charge in [0.2, 0.25) is 5.88 Å². The average Bonchev–Trinajstić information content (AvgIpc) is 2.78. The fourth-order valence-electron chi connectivity index (χ4n) is 1.73. The maximum atomic E-state index is 5.53. The molecule has 0 amide bonds. The van der Waals surface area contributed by atoms with Crippen LogP contribution in [0.15, 0.2) is 21.1 Å². The van der Waals surface area contributed by atoms with Crippen molar-refractivity contribution < 1.29 is 14.0 Å². The van der Waals surface area contributed by atoms with Gasteiger partial charge in [-0.2, -0.15) is 0 Å². The summed E-state index contributed by atoms with van der Waals surface area (Å²) in [6.45, 7) is 1.95. The number of halogens is 1. The van der Waals surface area contributed by atoms with Gasteiger partial charge in [-0.05, 0) is 34.5 Å². The van der Waals surface area contributed by atoms with E-state index in [9.17, 15) is 0 Å². The fraction of sp³-hybridized carbons (Fsp3) is 0.250. The lowest BCUT2D eigenvalue weighted by Crippen LogP contribution is -1.95. The van der Waals surface area contributed by atoms with Crippen molar-refractivity contribution in [2.45, 2.75) is 6.92 Å². The molecule has 0 aliphatic carbocycles. The smallest absolute Gasteiger partial charge is 0.222 e. The van der Waals surface area contributed by atoms with E-state index in [1.165, 1.54) is 0 Å². The summed E-state index contributed by atoms with van der Waals surface area (Å²) >= 11 is 3.49. The summed E-state index contributed by atoms with van der Waals surface area (Å²) in [6, 6.07) is 3.51. The normalized spacial score (nSPS) is 10.4. The van der Waals surface area contributed by atoms with Crippen molar-refractivity contribution in [1.29, 1.82) is 0 Å². The second-order valence-electron chi connectivity index (χ2n) is 3.71. The molecule has 0 atom stereocenters. The molecule has 96 valence electrons. The van der Waals surface area contributed by atoms with Crippen molar-refractivity contribution in [3.05, 3.63) is 22.2 Å². The second kappa shape index (κ2) is 4.89. The van der Waals surface area contributed by atoms with Gasteiger partial charge in [0.05, 0.1) is 18.7 Å². The van der Waals surface area contributed by atoms with Gasteiger partial charge in [0, 0.05) is 11.6 Å². The number of benzene rings is 1. The van der Waals surface area contributed by atoms with Crippen molar-refractivity contribution in [2.24, 2.45) is 0 Å². The van der Waals surface area contributed by atoms with Gasteiger partial charge in [0.15, 0.2) is 11.5 Å². The van der Waals surface area contributed by atoms with E-state index in [4.69, 9.17) is 19.7 Å². The van der Waals surface area contributed by atoms with Gasteiger partial charge in [-0.15, -0.1) is 0 Å². The van der Waals surface area contributed by atoms with Crippen LogP contribution in [-0.4, -0.2) is 19.4 Å². The van der Waals surface area contributed by atoms with Gasteiger partial charge in [-0.1, -0.05) is 5.16 Å². The first-order chi connectivity index (χ1) is 8.58. The highest BCUT2D eigenvalue weighted by Gasteiger charge is 2.18. The third kappa shape index (κ3) is 2.03. The highest BCUT2D eigenvalue weighted by molar-refractivity contribution is 9.10. The molecule has 6 heteroatoms. The molecule has 0 saturated carbocycles. The van der Waals surface area contributed by atoms with Crippen LogP contribution >= 0.6 is 15.9 Å². The third-order valence-corrected chi connectivity index (χ3v) is 3.62. The lowest BCUT2D eigenvalue weighted by atomic mass is 10.0. The number of nitrogens with zero attached hydrogens (tertiary/aromatic N) is 1.